The monoisotopic (exact) mass is 298 g/mol. The molecular formula is C16H24ClFN2. The molecule has 0 bridgehead atoms. The van der Waals surface area contributed by atoms with E-state index in [1.807, 2.05) is 0 Å². The molecule has 0 radical (unpaired) electrons. The van der Waals surface area contributed by atoms with Crippen LogP contribution in [0.15, 0.2) is 18.2 Å². The molecule has 1 fully saturated rings. The Hall–Kier alpha value is -0.640. The van der Waals surface area contributed by atoms with Crippen molar-refractivity contribution in [2.45, 2.75) is 45.2 Å². The van der Waals surface area contributed by atoms with Crippen molar-refractivity contribution in [3.05, 3.63) is 34.6 Å². The third kappa shape index (κ3) is 3.33. The number of nitrogens with two attached hydrogens (primary N) is 1. The van der Waals surface area contributed by atoms with Gasteiger partial charge >= 0.3 is 0 Å². The Labute approximate surface area is 126 Å². The number of benzene rings is 1. The van der Waals surface area contributed by atoms with Crippen LogP contribution in [-0.4, -0.2) is 24.0 Å². The quantitative estimate of drug-likeness (QED) is 0.914. The zero-order valence-electron chi connectivity index (χ0n) is 12.3. The molecule has 0 saturated carbocycles. The minimum atomic E-state index is -0.176. The molecule has 112 valence electrons. The van der Waals surface area contributed by atoms with Crippen molar-refractivity contribution < 1.29 is 4.39 Å². The summed E-state index contributed by atoms with van der Waals surface area (Å²) >= 11 is 6.08. The van der Waals surface area contributed by atoms with E-state index in [1.54, 1.807) is 12.1 Å². The molecule has 1 aromatic rings. The van der Waals surface area contributed by atoms with Crippen LogP contribution in [0.25, 0.3) is 0 Å². The third-order valence-electron chi connectivity index (χ3n) is 4.29. The Morgan fingerprint density at radius 2 is 2.15 bits per heavy atom. The second-order valence-electron chi connectivity index (χ2n) is 5.93. The maximum atomic E-state index is 14.3. The van der Waals surface area contributed by atoms with Crippen LogP contribution >= 0.6 is 11.6 Å². The lowest BCUT2D eigenvalue weighted by Gasteiger charge is -2.38. The first-order chi connectivity index (χ1) is 9.54. The topological polar surface area (TPSA) is 29.3 Å². The lowest BCUT2D eigenvalue weighted by atomic mass is 9.88. The van der Waals surface area contributed by atoms with Crippen LogP contribution in [0.2, 0.25) is 5.02 Å². The molecule has 0 spiro atoms. The van der Waals surface area contributed by atoms with Gasteiger partial charge in [-0.3, -0.25) is 4.90 Å². The van der Waals surface area contributed by atoms with E-state index in [1.165, 1.54) is 6.07 Å². The number of nitrogens with zero attached hydrogens (tertiary/aromatic N) is 1. The van der Waals surface area contributed by atoms with E-state index in [0.717, 1.165) is 25.8 Å². The summed E-state index contributed by atoms with van der Waals surface area (Å²) in [5, 5.41) is 0.588. The fourth-order valence-electron chi connectivity index (χ4n) is 3.27. The minimum absolute atomic E-state index is 0.0289. The summed E-state index contributed by atoms with van der Waals surface area (Å²) < 4.78 is 14.3. The molecule has 2 atom stereocenters. The van der Waals surface area contributed by atoms with Crippen molar-refractivity contribution in [3.8, 4) is 0 Å². The second-order valence-corrected chi connectivity index (χ2v) is 6.37. The molecule has 1 aromatic carbocycles. The van der Waals surface area contributed by atoms with Crippen LogP contribution in [-0.2, 0) is 0 Å². The smallest absolute Gasteiger partial charge is 0.128 e. The molecule has 0 aliphatic carbocycles. The summed E-state index contributed by atoms with van der Waals surface area (Å²) in [4.78, 5) is 2.37. The molecule has 20 heavy (non-hydrogen) atoms. The van der Waals surface area contributed by atoms with Crippen molar-refractivity contribution in [2.75, 3.05) is 13.1 Å². The lowest BCUT2D eigenvalue weighted by Crippen LogP contribution is -2.40. The van der Waals surface area contributed by atoms with Gasteiger partial charge in [-0.25, -0.2) is 4.39 Å². The van der Waals surface area contributed by atoms with Gasteiger partial charge in [-0.2, -0.15) is 0 Å². The van der Waals surface area contributed by atoms with Gasteiger partial charge < -0.3 is 5.73 Å². The first-order valence-electron chi connectivity index (χ1n) is 7.45. The number of hydrogen-bond acceptors (Lipinski definition) is 2. The van der Waals surface area contributed by atoms with E-state index in [-0.39, 0.29) is 17.8 Å². The molecule has 1 aliphatic rings. The SMILES string of the molecule is CC(C)N1CCCCC(CN)C1c1cc(Cl)ccc1F. The number of halogens is 2. The van der Waals surface area contributed by atoms with Crippen molar-refractivity contribution in [3.63, 3.8) is 0 Å². The molecular weight excluding hydrogens is 275 g/mol. The van der Waals surface area contributed by atoms with E-state index in [4.69, 9.17) is 17.3 Å². The van der Waals surface area contributed by atoms with Crippen molar-refractivity contribution in [1.82, 2.24) is 4.90 Å². The zero-order valence-corrected chi connectivity index (χ0v) is 13.0. The lowest BCUT2D eigenvalue weighted by molar-refractivity contribution is 0.118. The summed E-state index contributed by atoms with van der Waals surface area (Å²) in [7, 11) is 0. The second kappa shape index (κ2) is 6.88. The van der Waals surface area contributed by atoms with Crippen molar-refractivity contribution in [1.29, 1.82) is 0 Å². The molecule has 0 amide bonds. The Morgan fingerprint density at radius 1 is 1.40 bits per heavy atom. The Morgan fingerprint density at radius 3 is 2.80 bits per heavy atom. The molecule has 2 N–H and O–H groups in total. The van der Waals surface area contributed by atoms with Crippen molar-refractivity contribution >= 4 is 11.6 Å². The normalized spacial score (nSPS) is 24.9. The highest BCUT2D eigenvalue weighted by Gasteiger charge is 2.33. The predicted molar refractivity (Wildman–Crippen MR) is 82.4 cm³/mol. The molecule has 2 nitrogen and oxygen atoms in total. The van der Waals surface area contributed by atoms with E-state index in [0.29, 0.717) is 23.2 Å². The predicted octanol–water partition coefficient (Wildman–Crippen LogP) is 3.99. The molecule has 1 saturated heterocycles. The van der Waals surface area contributed by atoms with Gasteiger partial charge in [0.15, 0.2) is 0 Å². The molecule has 2 unspecified atom stereocenters. The van der Waals surface area contributed by atoms with Gasteiger partial charge in [0.25, 0.3) is 0 Å². The summed E-state index contributed by atoms with van der Waals surface area (Å²) in [5.41, 5.74) is 6.67. The zero-order chi connectivity index (χ0) is 14.7. The molecule has 2 rings (SSSR count). The van der Waals surface area contributed by atoms with Gasteiger partial charge in [0.1, 0.15) is 5.82 Å². The van der Waals surface area contributed by atoms with E-state index in [9.17, 15) is 4.39 Å². The molecule has 0 aromatic heterocycles. The highest BCUT2D eigenvalue weighted by Crippen LogP contribution is 2.37. The van der Waals surface area contributed by atoms with Gasteiger partial charge in [0.05, 0.1) is 0 Å². The summed E-state index contributed by atoms with van der Waals surface area (Å²) in [5.74, 6) is 0.110. The summed E-state index contributed by atoms with van der Waals surface area (Å²) in [6.45, 7) is 5.90. The Bertz CT molecular complexity index is 450. The number of rotatable bonds is 3. The van der Waals surface area contributed by atoms with E-state index >= 15 is 0 Å². The highest BCUT2D eigenvalue weighted by atomic mass is 35.5. The van der Waals surface area contributed by atoms with Gasteiger partial charge in [0, 0.05) is 22.7 Å². The van der Waals surface area contributed by atoms with Crippen LogP contribution in [0.4, 0.5) is 4.39 Å². The highest BCUT2D eigenvalue weighted by molar-refractivity contribution is 6.30. The molecule has 1 heterocycles. The van der Waals surface area contributed by atoms with Gasteiger partial charge in [0.2, 0.25) is 0 Å². The van der Waals surface area contributed by atoms with Crippen LogP contribution in [0, 0.1) is 11.7 Å². The fourth-order valence-corrected chi connectivity index (χ4v) is 3.45. The average molecular weight is 299 g/mol. The van der Waals surface area contributed by atoms with E-state index < -0.39 is 0 Å². The third-order valence-corrected chi connectivity index (χ3v) is 4.52. The number of hydrogen-bond donors (Lipinski definition) is 1. The summed E-state index contributed by atoms with van der Waals surface area (Å²) in [6, 6.07) is 5.24. The fraction of sp³-hybridized carbons (Fsp3) is 0.625. The van der Waals surface area contributed by atoms with Crippen LogP contribution in [0.5, 0.6) is 0 Å². The summed E-state index contributed by atoms with van der Waals surface area (Å²) in [6.07, 6.45) is 3.35. The maximum Gasteiger partial charge on any atom is 0.128 e. The van der Waals surface area contributed by atoms with Crippen LogP contribution in [0.1, 0.15) is 44.7 Å². The number of likely N-dealkylation sites (tertiary alicyclic amines) is 1. The Balaban J connectivity index is 2.45. The first-order valence-corrected chi connectivity index (χ1v) is 7.83. The maximum absolute atomic E-state index is 14.3. The molecule has 4 heteroatoms. The average Bonchev–Trinajstić information content (AvgIpc) is 2.63. The first kappa shape index (κ1) is 15.7. The van der Waals surface area contributed by atoms with Crippen LogP contribution in [0.3, 0.4) is 0 Å². The van der Waals surface area contributed by atoms with Gasteiger partial charge in [-0.15, -0.1) is 0 Å². The standard InChI is InChI=1S/C16H24ClFN2/c1-11(2)20-8-4-3-5-12(10-19)16(20)14-9-13(17)6-7-15(14)18/h6-7,9,11-12,16H,3-5,8,10,19H2,1-2H3. The minimum Gasteiger partial charge on any atom is -0.330 e. The van der Waals surface area contributed by atoms with E-state index in [2.05, 4.69) is 18.7 Å². The molecule has 1 aliphatic heterocycles. The largest absolute Gasteiger partial charge is 0.330 e. The van der Waals surface area contributed by atoms with Gasteiger partial charge in [-0.05, 0) is 63.9 Å². The van der Waals surface area contributed by atoms with Crippen LogP contribution < -0.4 is 5.73 Å². The van der Waals surface area contributed by atoms with Crippen molar-refractivity contribution in [2.24, 2.45) is 11.7 Å². The Kier molecular flexibility index (Phi) is 5.42. The van der Waals surface area contributed by atoms with Gasteiger partial charge in [-0.1, -0.05) is 18.0 Å².